The fourth-order valence-corrected chi connectivity index (χ4v) is 2.58. The normalized spacial score (nSPS) is 28.6. The second-order valence-electron chi connectivity index (χ2n) is 2.79. The number of hydrogen-bond donors (Lipinski definition) is 3. The zero-order valence-electron chi connectivity index (χ0n) is 6.57. The highest BCUT2D eigenvalue weighted by atomic mass is 33.1. The Labute approximate surface area is 75.3 Å². The van der Waals surface area contributed by atoms with Crippen LogP contribution in [0.25, 0.3) is 0 Å². The van der Waals surface area contributed by atoms with Crippen LogP contribution in [0.3, 0.4) is 0 Å². The van der Waals surface area contributed by atoms with Gasteiger partial charge in [0.25, 0.3) is 0 Å². The second-order valence-corrected chi connectivity index (χ2v) is 5.49. The first-order chi connectivity index (χ1) is 5.18. The highest BCUT2D eigenvalue weighted by Crippen LogP contribution is 2.40. The van der Waals surface area contributed by atoms with E-state index in [9.17, 15) is 0 Å². The average molecular weight is 190 g/mol. The number of aliphatic hydroxyl groups is 1. The monoisotopic (exact) mass is 190 g/mol. The van der Waals surface area contributed by atoms with Gasteiger partial charge in [-0.15, -0.1) is 11.7 Å². The van der Waals surface area contributed by atoms with Crippen LogP contribution in [0.1, 0.15) is 19.8 Å². The molecule has 1 heterocycles. The van der Waals surface area contributed by atoms with E-state index in [2.05, 4.69) is 28.6 Å². The first-order valence-electron chi connectivity index (χ1n) is 3.72. The summed E-state index contributed by atoms with van der Waals surface area (Å²) in [5, 5.41) is 13.3. The number of allylic oxidation sites excluding steroid dienone is 2. The van der Waals surface area contributed by atoms with Crippen LogP contribution in [-0.4, -0.2) is 11.2 Å². The summed E-state index contributed by atoms with van der Waals surface area (Å²) >= 11 is 4.34. The van der Waals surface area contributed by atoms with Crippen molar-refractivity contribution in [1.82, 2.24) is 0 Å². The van der Waals surface area contributed by atoms with Crippen molar-refractivity contribution in [3.05, 3.63) is 22.5 Å². The van der Waals surface area contributed by atoms with Gasteiger partial charge in [0.15, 0.2) is 0 Å². The van der Waals surface area contributed by atoms with Gasteiger partial charge in [0, 0.05) is 0 Å². The lowest BCUT2D eigenvalue weighted by molar-refractivity contribution is 0.185. The van der Waals surface area contributed by atoms with Gasteiger partial charge in [0.2, 0.25) is 0 Å². The van der Waals surface area contributed by atoms with Crippen LogP contribution >= 0.6 is 21.6 Å². The Morgan fingerprint density at radius 2 is 2.45 bits per heavy atom. The van der Waals surface area contributed by atoms with E-state index in [0.29, 0.717) is 0 Å². The summed E-state index contributed by atoms with van der Waals surface area (Å²) in [6.07, 6.45) is 3.76. The second kappa shape index (κ2) is 4.24. The third kappa shape index (κ3) is 3.36. The predicted octanol–water partition coefficient (Wildman–Crippen LogP) is 2.40. The lowest BCUT2D eigenvalue weighted by Gasteiger charge is -2.02. The van der Waals surface area contributed by atoms with E-state index in [-0.39, 0.29) is 16.0 Å². The molecule has 0 bridgehead atoms. The van der Waals surface area contributed by atoms with Crippen LogP contribution in [0.2, 0.25) is 0 Å². The minimum Gasteiger partial charge on any atom is -0.393 e. The minimum absolute atomic E-state index is 0.184. The lowest BCUT2D eigenvalue weighted by Crippen LogP contribution is -1.98. The van der Waals surface area contributed by atoms with E-state index >= 15 is 0 Å². The van der Waals surface area contributed by atoms with Gasteiger partial charge < -0.3 is 5.11 Å². The predicted molar refractivity (Wildman–Crippen MR) is 56.1 cm³/mol. The topological polar surface area (TPSA) is 20.2 Å². The Morgan fingerprint density at radius 1 is 1.73 bits per heavy atom. The molecule has 1 N–H and O–H groups in total. The van der Waals surface area contributed by atoms with Crippen molar-refractivity contribution < 1.29 is 5.11 Å². The highest BCUT2D eigenvalue weighted by molar-refractivity contribution is 8.80. The van der Waals surface area contributed by atoms with Crippen molar-refractivity contribution in [2.24, 2.45) is 0 Å². The quantitative estimate of drug-likeness (QED) is 0.461. The van der Waals surface area contributed by atoms with Crippen molar-refractivity contribution in [3.8, 4) is 0 Å². The zero-order valence-corrected chi connectivity index (χ0v) is 8.35. The lowest BCUT2D eigenvalue weighted by atomic mass is 10.1. The van der Waals surface area contributed by atoms with Crippen molar-refractivity contribution in [3.63, 3.8) is 0 Å². The molecule has 0 saturated heterocycles. The molecule has 1 rings (SSSR count). The Kier molecular flexibility index (Phi) is 3.55. The summed E-state index contributed by atoms with van der Waals surface area (Å²) in [5.74, 6) is 0. The molecule has 0 radical (unpaired) electrons. The molecule has 64 valence electrons. The minimum atomic E-state index is -0.265. The number of hydrogen-bond acceptors (Lipinski definition) is 2. The van der Waals surface area contributed by atoms with Crippen LogP contribution in [0.5, 0.6) is 0 Å². The Morgan fingerprint density at radius 3 is 2.91 bits per heavy atom. The van der Waals surface area contributed by atoms with Crippen molar-refractivity contribution in [1.29, 1.82) is 0 Å². The van der Waals surface area contributed by atoms with Gasteiger partial charge in [-0.1, -0.05) is 6.08 Å². The summed E-state index contributed by atoms with van der Waals surface area (Å²) < 4.78 is 0. The Bertz CT molecular complexity index is 185. The third-order valence-corrected chi connectivity index (χ3v) is 3.39. The van der Waals surface area contributed by atoms with Crippen molar-refractivity contribution in [2.45, 2.75) is 25.9 Å². The van der Waals surface area contributed by atoms with Gasteiger partial charge >= 0.3 is 0 Å². The molecule has 11 heavy (non-hydrogen) atoms. The summed E-state index contributed by atoms with van der Waals surface area (Å²) in [5.41, 5.74) is 1.33. The van der Waals surface area contributed by atoms with E-state index in [1.807, 2.05) is 6.92 Å². The average Bonchev–Trinajstić information content (AvgIpc) is 2.31. The molecule has 1 aliphatic heterocycles. The maximum Gasteiger partial charge on any atom is 0.0515 e. The molecule has 0 aromatic carbocycles. The van der Waals surface area contributed by atoms with Gasteiger partial charge in [-0.25, -0.2) is 0 Å². The molecule has 2 unspecified atom stereocenters. The van der Waals surface area contributed by atoms with Gasteiger partial charge in [0.05, 0.1) is 6.10 Å². The van der Waals surface area contributed by atoms with Crippen LogP contribution in [0, 0.1) is 0 Å². The van der Waals surface area contributed by atoms with Crippen LogP contribution in [0.4, 0.5) is 0 Å². The van der Waals surface area contributed by atoms with E-state index in [4.69, 9.17) is 5.11 Å². The van der Waals surface area contributed by atoms with Crippen LogP contribution < -0.4 is 0 Å². The number of thiol groups is 2. The van der Waals surface area contributed by atoms with Crippen LogP contribution in [0.15, 0.2) is 22.5 Å². The molecule has 2 atom stereocenters. The smallest absolute Gasteiger partial charge is 0.0515 e. The summed E-state index contributed by atoms with van der Waals surface area (Å²) in [6.45, 7) is 1.82. The highest BCUT2D eigenvalue weighted by Gasteiger charge is 2.03. The molecule has 0 aliphatic carbocycles. The summed E-state index contributed by atoms with van der Waals surface area (Å²) in [7, 11) is -0.265. The fraction of sp³-hybridized carbons (Fsp3) is 0.500. The molecular weight excluding hydrogens is 176 g/mol. The molecule has 0 saturated carbocycles. The molecular formula is C8H14OS2. The van der Waals surface area contributed by atoms with E-state index < -0.39 is 0 Å². The molecule has 3 heteroatoms. The summed E-state index contributed by atoms with van der Waals surface area (Å²) in [6, 6.07) is 0. The molecule has 0 aromatic heterocycles. The fourth-order valence-electron chi connectivity index (χ4n) is 0.952. The molecule has 0 spiro atoms. The largest absolute Gasteiger partial charge is 0.393 e. The SMILES string of the molecule is CC(O)CCC1=C[SH](S)C=C1. The Hall–Kier alpha value is 0.140. The molecule has 0 aromatic rings. The van der Waals surface area contributed by atoms with E-state index in [0.717, 1.165) is 12.8 Å². The van der Waals surface area contributed by atoms with E-state index in [1.54, 1.807) is 0 Å². The van der Waals surface area contributed by atoms with E-state index in [1.165, 1.54) is 5.57 Å². The number of rotatable bonds is 3. The summed E-state index contributed by atoms with van der Waals surface area (Å²) in [4.78, 5) is 0. The third-order valence-electron chi connectivity index (χ3n) is 1.59. The maximum atomic E-state index is 9.01. The molecule has 0 fully saturated rings. The van der Waals surface area contributed by atoms with Gasteiger partial charge in [-0.2, -0.15) is 9.93 Å². The Balaban J connectivity index is 2.28. The van der Waals surface area contributed by atoms with Gasteiger partial charge in [0.1, 0.15) is 0 Å². The van der Waals surface area contributed by atoms with Crippen LogP contribution in [-0.2, 0) is 0 Å². The first-order valence-corrected chi connectivity index (χ1v) is 6.36. The number of aliphatic hydroxyl groups excluding tert-OH is 1. The molecule has 1 aliphatic rings. The van der Waals surface area contributed by atoms with Gasteiger partial charge in [-0.3, -0.25) is 0 Å². The first kappa shape index (κ1) is 9.23. The van der Waals surface area contributed by atoms with Crippen molar-refractivity contribution >= 4 is 21.6 Å². The standard InChI is InChI=1S/C8H14OS2/c1-7(9)2-3-8-4-5-11(10)6-8/h4-7,9-11H,2-3H2,1H3. The maximum absolute atomic E-state index is 9.01. The zero-order chi connectivity index (χ0) is 8.27. The molecule has 1 nitrogen and oxygen atoms in total. The molecule has 0 amide bonds. The van der Waals surface area contributed by atoms with Gasteiger partial charge in [-0.05, 0) is 36.2 Å². The van der Waals surface area contributed by atoms with Crippen molar-refractivity contribution in [2.75, 3.05) is 0 Å².